The van der Waals surface area contributed by atoms with Crippen LogP contribution >= 0.6 is 0 Å². The van der Waals surface area contributed by atoms with Gasteiger partial charge in [0.2, 0.25) is 0 Å². The summed E-state index contributed by atoms with van der Waals surface area (Å²) in [4.78, 5) is 11.0. The van der Waals surface area contributed by atoms with E-state index in [0.29, 0.717) is 6.61 Å². The Morgan fingerprint density at radius 1 is 1.05 bits per heavy atom. The first-order valence-corrected chi connectivity index (χ1v) is 6.46. The van der Waals surface area contributed by atoms with Crippen LogP contribution in [0.1, 0.15) is 27.0 Å². The molecule has 0 fully saturated rings. The van der Waals surface area contributed by atoms with Gasteiger partial charge in [0.1, 0.15) is 24.4 Å². The van der Waals surface area contributed by atoms with Gasteiger partial charge in [-0.3, -0.25) is 4.79 Å². The number of carbonyl (C=O) groups is 1. The van der Waals surface area contributed by atoms with Crippen LogP contribution < -0.4 is 9.47 Å². The van der Waals surface area contributed by atoms with Crippen molar-refractivity contribution in [2.45, 2.75) is 20.5 Å². The van der Waals surface area contributed by atoms with Gasteiger partial charge >= 0.3 is 0 Å². The van der Waals surface area contributed by atoms with Gasteiger partial charge in [-0.2, -0.15) is 0 Å². The van der Waals surface area contributed by atoms with Gasteiger partial charge in [0, 0.05) is 5.56 Å². The van der Waals surface area contributed by atoms with Crippen LogP contribution in [-0.2, 0) is 6.61 Å². The number of aldehydes is 1. The molecule has 0 unspecified atom stereocenters. The zero-order valence-electron chi connectivity index (χ0n) is 12.0. The van der Waals surface area contributed by atoms with Crippen LogP contribution in [0.2, 0.25) is 0 Å². The fourth-order valence-corrected chi connectivity index (χ4v) is 2.07. The summed E-state index contributed by atoms with van der Waals surface area (Å²) < 4.78 is 10.9. The zero-order valence-corrected chi connectivity index (χ0v) is 12.0. The molecule has 0 saturated heterocycles. The Morgan fingerprint density at radius 3 is 2.30 bits per heavy atom. The first-order chi connectivity index (χ1) is 9.63. The molecule has 0 heterocycles. The van der Waals surface area contributed by atoms with Crippen molar-refractivity contribution in [3.63, 3.8) is 0 Å². The van der Waals surface area contributed by atoms with E-state index in [1.807, 2.05) is 50.2 Å². The molecule has 2 rings (SSSR count). The molecule has 0 atom stereocenters. The molecule has 0 bridgehead atoms. The van der Waals surface area contributed by atoms with Gasteiger partial charge < -0.3 is 9.47 Å². The van der Waals surface area contributed by atoms with E-state index in [-0.39, 0.29) is 0 Å². The molecule has 20 heavy (non-hydrogen) atoms. The zero-order chi connectivity index (χ0) is 14.5. The van der Waals surface area contributed by atoms with Crippen molar-refractivity contribution in [3.8, 4) is 11.5 Å². The highest BCUT2D eigenvalue weighted by molar-refractivity contribution is 5.78. The van der Waals surface area contributed by atoms with Gasteiger partial charge in [-0.05, 0) is 55.3 Å². The minimum Gasteiger partial charge on any atom is -0.497 e. The molecule has 0 aliphatic heterocycles. The van der Waals surface area contributed by atoms with Crippen molar-refractivity contribution >= 4 is 6.29 Å². The number of hydrogen-bond acceptors (Lipinski definition) is 3. The van der Waals surface area contributed by atoms with Crippen molar-refractivity contribution < 1.29 is 14.3 Å². The maximum absolute atomic E-state index is 11.0. The molecule has 0 aliphatic rings. The highest BCUT2D eigenvalue weighted by atomic mass is 16.5. The summed E-state index contributed by atoms with van der Waals surface area (Å²) in [5, 5.41) is 0. The summed E-state index contributed by atoms with van der Waals surface area (Å²) >= 11 is 0. The van der Waals surface area contributed by atoms with Crippen LogP contribution in [0.15, 0.2) is 36.4 Å². The topological polar surface area (TPSA) is 35.5 Å². The Labute approximate surface area is 119 Å². The minimum atomic E-state index is 0.445. The van der Waals surface area contributed by atoms with Crippen molar-refractivity contribution in [1.29, 1.82) is 0 Å². The normalized spacial score (nSPS) is 10.2. The Balaban J connectivity index is 2.13. The minimum absolute atomic E-state index is 0.445. The van der Waals surface area contributed by atoms with Gasteiger partial charge in [0.25, 0.3) is 0 Å². The Bertz CT molecular complexity index is 600. The fourth-order valence-electron chi connectivity index (χ4n) is 2.07. The highest BCUT2D eigenvalue weighted by Crippen LogP contribution is 2.20. The maximum Gasteiger partial charge on any atom is 0.150 e. The monoisotopic (exact) mass is 270 g/mol. The number of ether oxygens (including phenoxy) is 2. The summed E-state index contributed by atoms with van der Waals surface area (Å²) in [6.07, 6.45) is 0.888. The van der Waals surface area contributed by atoms with Crippen LogP contribution in [0.4, 0.5) is 0 Å². The van der Waals surface area contributed by atoms with E-state index in [4.69, 9.17) is 9.47 Å². The lowest BCUT2D eigenvalue weighted by Gasteiger charge is -2.12. The van der Waals surface area contributed by atoms with Crippen molar-refractivity contribution in [2.24, 2.45) is 0 Å². The molecule has 0 aliphatic carbocycles. The van der Waals surface area contributed by atoms with Crippen molar-refractivity contribution in [1.82, 2.24) is 0 Å². The number of rotatable bonds is 5. The number of carbonyl (C=O) groups excluding carboxylic acids is 1. The molecule has 0 amide bonds. The lowest BCUT2D eigenvalue weighted by atomic mass is 10.0. The van der Waals surface area contributed by atoms with Crippen LogP contribution in [0, 0.1) is 13.8 Å². The molecule has 2 aromatic carbocycles. The quantitative estimate of drug-likeness (QED) is 0.777. The first kappa shape index (κ1) is 14.1. The number of aryl methyl sites for hydroxylation is 1. The summed E-state index contributed by atoms with van der Waals surface area (Å²) in [5.41, 5.74) is 3.78. The second kappa shape index (κ2) is 6.24. The van der Waals surface area contributed by atoms with E-state index < -0.39 is 0 Å². The fraction of sp³-hybridized carbons (Fsp3) is 0.235. The van der Waals surface area contributed by atoms with Crippen LogP contribution in [0.25, 0.3) is 0 Å². The van der Waals surface area contributed by atoms with Crippen LogP contribution in [0.5, 0.6) is 11.5 Å². The number of hydrogen-bond donors (Lipinski definition) is 0. The third-order valence-corrected chi connectivity index (χ3v) is 3.28. The summed E-state index contributed by atoms with van der Waals surface area (Å²) in [5.74, 6) is 1.58. The van der Waals surface area contributed by atoms with Gasteiger partial charge in [0.15, 0.2) is 0 Å². The standard InChI is InChI=1S/C17H18O3/c1-12-8-14(10-18)13(2)15(9-12)11-20-17-6-4-16(19-3)5-7-17/h4-10H,11H2,1-3H3. The van der Waals surface area contributed by atoms with Crippen LogP contribution in [0.3, 0.4) is 0 Å². The predicted octanol–water partition coefficient (Wildman–Crippen LogP) is 3.70. The number of methoxy groups -OCH3 is 1. The Hall–Kier alpha value is -2.29. The average Bonchev–Trinajstić information content (AvgIpc) is 2.48. The maximum atomic E-state index is 11.0. The van der Waals surface area contributed by atoms with E-state index in [0.717, 1.165) is 40.0 Å². The molecular formula is C17H18O3. The molecule has 2 aromatic rings. The van der Waals surface area contributed by atoms with Crippen LogP contribution in [-0.4, -0.2) is 13.4 Å². The second-order valence-electron chi connectivity index (χ2n) is 4.72. The van der Waals surface area contributed by atoms with E-state index in [2.05, 4.69) is 0 Å². The number of benzene rings is 2. The Morgan fingerprint density at radius 2 is 1.70 bits per heavy atom. The molecule has 0 saturated carbocycles. The first-order valence-electron chi connectivity index (χ1n) is 6.46. The molecule has 0 spiro atoms. The third-order valence-electron chi connectivity index (χ3n) is 3.28. The van der Waals surface area contributed by atoms with E-state index >= 15 is 0 Å². The van der Waals surface area contributed by atoms with Crippen molar-refractivity contribution in [3.05, 3.63) is 58.7 Å². The largest absolute Gasteiger partial charge is 0.497 e. The van der Waals surface area contributed by atoms with Gasteiger partial charge in [-0.1, -0.05) is 11.6 Å². The molecule has 0 aromatic heterocycles. The van der Waals surface area contributed by atoms with E-state index in [1.165, 1.54) is 0 Å². The summed E-state index contributed by atoms with van der Waals surface area (Å²) in [7, 11) is 1.63. The van der Waals surface area contributed by atoms with Gasteiger partial charge in [0.05, 0.1) is 7.11 Å². The van der Waals surface area contributed by atoms with Crippen molar-refractivity contribution in [2.75, 3.05) is 7.11 Å². The predicted molar refractivity (Wildman–Crippen MR) is 78.6 cm³/mol. The molecule has 3 nitrogen and oxygen atoms in total. The molecule has 0 N–H and O–H groups in total. The smallest absolute Gasteiger partial charge is 0.150 e. The average molecular weight is 270 g/mol. The molecule has 0 radical (unpaired) electrons. The van der Waals surface area contributed by atoms with Gasteiger partial charge in [-0.15, -0.1) is 0 Å². The van der Waals surface area contributed by atoms with Gasteiger partial charge in [-0.25, -0.2) is 0 Å². The second-order valence-corrected chi connectivity index (χ2v) is 4.72. The summed E-state index contributed by atoms with van der Waals surface area (Å²) in [6.45, 7) is 4.36. The molecule has 104 valence electrons. The lowest BCUT2D eigenvalue weighted by Crippen LogP contribution is -2.01. The molecular weight excluding hydrogens is 252 g/mol. The SMILES string of the molecule is COc1ccc(OCc2cc(C)cc(C=O)c2C)cc1. The Kier molecular flexibility index (Phi) is 4.41. The van der Waals surface area contributed by atoms with E-state index in [1.54, 1.807) is 7.11 Å². The third kappa shape index (κ3) is 3.18. The summed E-state index contributed by atoms with van der Waals surface area (Å²) in [6, 6.07) is 11.4. The highest BCUT2D eigenvalue weighted by Gasteiger charge is 2.06. The lowest BCUT2D eigenvalue weighted by molar-refractivity contribution is 0.112. The molecule has 3 heteroatoms. The van der Waals surface area contributed by atoms with E-state index in [9.17, 15) is 4.79 Å².